The third-order valence-electron chi connectivity index (χ3n) is 4.76. The number of fused-ring (bicyclic) bond motifs is 1. The molecule has 1 amide bonds. The number of nitrogens with one attached hydrogen (secondary N) is 1. The second kappa shape index (κ2) is 8.47. The van der Waals surface area contributed by atoms with Gasteiger partial charge in [0.15, 0.2) is 11.6 Å². The molecule has 4 aromatic rings. The number of aromatic nitrogens is 4. The number of nitrogens with zero attached hydrogens (tertiary/aromatic N) is 4. The lowest BCUT2D eigenvalue weighted by Gasteiger charge is -2.11. The van der Waals surface area contributed by atoms with Crippen LogP contribution >= 0.6 is 11.6 Å². The highest BCUT2D eigenvalue weighted by atomic mass is 35.5. The number of carbonyl (C=O) groups is 1. The monoisotopic (exact) mass is 477 g/mol. The van der Waals surface area contributed by atoms with Crippen LogP contribution in [0.5, 0.6) is 0 Å². The molecule has 0 aliphatic carbocycles. The standard InChI is InChI=1S/C20H15ClF3N7O2/c1-33-20(32)27-16-17(25)28-19(29-18(16)26)31-14-5-2-8(22)6-10(14)13(30-31)7-9-11(23)3-4-12(24)15(9)21/h2-6H,7H2,1H3,(H,27,32)(H4,25,26,28,29). The first kappa shape index (κ1) is 22.1. The van der Waals surface area contributed by atoms with Gasteiger partial charge in [0.1, 0.15) is 23.1 Å². The Balaban J connectivity index is 1.86. The van der Waals surface area contributed by atoms with Crippen molar-refractivity contribution in [1.29, 1.82) is 0 Å². The van der Waals surface area contributed by atoms with Crippen molar-refractivity contribution >= 4 is 45.9 Å². The van der Waals surface area contributed by atoms with Crippen LogP contribution in [0.4, 0.5) is 35.3 Å². The fourth-order valence-electron chi connectivity index (χ4n) is 3.19. The SMILES string of the molecule is COC(=O)Nc1c(N)nc(-n2nc(Cc3c(F)ccc(F)c3Cl)c3cc(F)ccc32)nc1N. The molecule has 0 saturated carbocycles. The van der Waals surface area contributed by atoms with Gasteiger partial charge < -0.3 is 16.2 Å². The highest BCUT2D eigenvalue weighted by Gasteiger charge is 2.21. The fraction of sp³-hybridized carbons (Fsp3) is 0.100. The molecule has 2 aromatic heterocycles. The van der Waals surface area contributed by atoms with E-state index in [-0.39, 0.29) is 46.3 Å². The van der Waals surface area contributed by atoms with E-state index in [1.807, 2.05) is 0 Å². The van der Waals surface area contributed by atoms with Gasteiger partial charge in [0.2, 0.25) is 0 Å². The molecule has 0 fully saturated rings. The van der Waals surface area contributed by atoms with E-state index in [1.165, 1.54) is 22.9 Å². The summed E-state index contributed by atoms with van der Waals surface area (Å²) in [4.78, 5) is 19.7. The number of hydrogen-bond donors (Lipinski definition) is 3. The lowest BCUT2D eigenvalue weighted by atomic mass is 10.1. The fourth-order valence-corrected chi connectivity index (χ4v) is 3.41. The maximum Gasteiger partial charge on any atom is 0.411 e. The van der Waals surface area contributed by atoms with Crippen LogP contribution in [0, 0.1) is 17.5 Å². The molecule has 0 spiro atoms. The van der Waals surface area contributed by atoms with Crippen molar-refractivity contribution in [3.05, 3.63) is 64.1 Å². The summed E-state index contributed by atoms with van der Waals surface area (Å²) in [5.74, 6) is -2.60. The average Bonchev–Trinajstić information content (AvgIpc) is 3.13. The number of anilines is 3. The van der Waals surface area contributed by atoms with Gasteiger partial charge in [-0.15, -0.1) is 0 Å². The van der Waals surface area contributed by atoms with Crippen molar-refractivity contribution in [3.63, 3.8) is 0 Å². The van der Waals surface area contributed by atoms with Gasteiger partial charge in [0.05, 0.1) is 23.3 Å². The number of amides is 1. The van der Waals surface area contributed by atoms with E-state index in [0.717, 1.165) is 19.2 Å². The molecule has 0 atom stereocenters. The molecule has 4 rings (SSSR count). The Morgan fingerprint density at radius 3 is 2.45 bits per heavy atom. The van der Waals surface area contributed by atoms with E-state index in [2.05, 4.69) is 25.1 Å². The van der Waals surface area contributed by atoms with Gasteiger partial charge >= 0.3 is 6.09 Å². The Morgan fingerprint density at radius 1 is 1.12 bits per heavy atom. The third kappa shape index (κ3) is 4.07. The first-order valence-electron chi connectivity index (χ1n) is 9.27. The van der Waals surface area contributed by atoms with Crippen LogP contribution in [0.2, 0.25) is 5.02 Å². The molecule has 0 aliphatic rings. The van der Waals surface area contributed by atoms with Crippen molar-refractivity contribution in [2.24, 2.45) is 0 Å². The number of ether oxygens (including phenoxy) is 1. The van der Waals surface area contributed by atoms with Crippen molar-refractivity contribution in [1.82, 2.24) is 19.7 Å². The third-order valence-corrected chi connectivity index (χ3v) is 5.17. The van der Waals surface area contributed by atoms with Gasteiger partial charge in [-0.3, -0.25) is 5.32 Å². The van der Waals surface area contributed by atoms with Gasteiger partial charge in [-0.2, -0.15) is 19.7 Å². The maximum absolute atomic E-state index is 14.3. The van der Waals surface area contributed by atoms with E-state index in [9.17, 15) is 18.0 Å². The van der Waals surface area contributed by atoms with Crippen molar-refractivity contribution in [3.8, 4) is 5.95 Å². The molecule has 0 unspecified atom stereocenters. The van der Waals surface area contributed by atoms with Crippen LogP contribution in [0.3, 0.4) is 0 Å². The Kier molecular flexibility index (Phi) is 5.68. The molecule has 0 aliphatic heterocycles. The first-order chi connectivity index (χ1) is 15.7. The number of methoxy groups -OCH3 is 1. The van der Waals surface area contributed by atoms with Gasteiger partial charge in [-0.25, -0.2) is 18.0 Å². The van der Waals surface area contributed by atoms with Crippen molar-refractivity contribution in [2.45, 2.75) is 6.42 Å². The Bertz CT molecular complexity index is 1390. The number of halogens is 4. The summed E-state index contributed by atoms with van der Waals surface area (Å²) >= 11 is 5.94. The Hall–Kier alpha value is -4.06. The molecule has 0 saturated heterocycles. The normalized spacial score (nSPS) is 11.1. The molecular formula is C20H15ClF3N7O2. The van der Waals surface area contributed by atoms with Crippen molar-refractivity contribution < 1.29 is 22.7 Å². The molecule has 2 aromatic carbocycles. The number of benzene rings is 2. The molecule has 170 valence electrons. The predicted octanol–water partition coefficient (Wildman–Crippen LogP) is 3.82. The largest absolute Gasteiger partial charge is 0.453 e. The Morgan fingerprint density at radius 2 is 1.79 bits per heavy atom. The molecule has 2 heterocycles. The molecule has 13 heteroatoms. The van der Waals surface area contributed by atoms with Crippen LogP contribution < -0.4 is 16.8 Å². The van der Waals surface area contributed by atoms with E-state index in [1.54, 1.807) is 0 Å². The summed E-state index contributed by atoms with van der Waals surface area (Å²) < 4.78 is 47.9. The molecule has 9 nitrogen and oxygen atoms in total. The van der Waals surface area contributed by atoms with Gasteiger partial charge in [-0.1, -0.05) is 11.6 Å². The molecule has 0 radical (unpaired) electrons. The lowest BCUT2D eigenvalue weighted by molar-refractivity contribution is 0.187. The minimum atomic E-state index is -0.832. The predicted molar refractivity (Wildman–Crippen MR) is 116 cm³/mol. The van der Waals surface area contributed by atoms with E-state index < -0.39 is 28.6 Å². The summed E-state index contributed by atoms with van der Waals surface area (Å²) in [5.41, 5.74) is 12.1. The summed E-state index contributed by atoms with van der Waals surface area (Å²) in [6.07, 6.45) is -1.08. The van der Waals surface area contributed by atoms with E-state index in [0.29, 0.717) is 5.52 Å². The first-order valence-corrected chi connectivity index (χ1v) is 9.65. The smallest absolute Gasteiger partial charge is 0.411 e. The topological polar surface area (TPSA) is 134 Å². The van der Waals surface area contributed by atoms with E-state index in [4.69, 9.17) is 23.1 Å². The van der Waals surface area contributed by atoms with Gasteiger partial charge in [0.25, 0.3) is 5.95 Å². The van der Waals surface area contributed by atoms with Gasteiger partial charge in [0, 0.05) is 17.4 Å². The van der Waals surface area contributed by atoms with Crippen LogP contribution in [0.25, 0.3) is 16.9 Å². The molecular weight excluding hydrogens is 463 g/mol. The molecule has 0 bridgehead atoms. The highest BCUT2D eigenvalue weighted by molar-refractivity contribution is 6.31. The average molecular weight is 478 g/mol. The minimum absolute atomic E-state index is 0.0676. The van der Waals surface area contributed by atoms with Crippen LogP contribution in [-0.2, 0) is 11.2 Å². The van der Waals surface area contributed by atoms with Crippen LogP contribution in [-0.4, -0.2) is 33.0 Å². The molecule has 33 heavy (non-hydrogen) atoms. The number of carbonyl (C=O) groups excluding carboxylic acids is 1. The van der Waals surface area contributed by atoms with E-state index >= 15 is 0 Å². The maximum atomic E-state index is 14.3. The second-order valence-corrected chi connectivity index (χ2v) is 7.18. The van der Waals surface area contributed by atoms with Crippen molar-refractivity contribution in [2.75, 3.05) is 23.9 Å². The quantitative estimate of drug-likeness (QED) is 0.380. The summed E-state index contributed by atoms with van der Waals surface area (Å²) in [6.45, 7) is 0. The number of hydrogen-bond acceptors (Lipinski definition) is 7. The summed E-state index contributed by atoms with van der Waals surface area (Å²) in [6, 6.07) is 5.61. The number of nitrogens with two attached hydrogens (primary N) is 2. The lowest BCUT2D eigenvalue weighted by Crippen LogP contribution is -2.17. The van der Waals surface area contributed by atoms with Gasteiger partial charge in [-0.05, 0) is 30.3 Å². The number of rotatable bonds is 4. The second-order valence-electron chi connectivity index (χ2n) is 6.80. The van der Waals surface area contributed by atoms with Crippen LogP contribution in [0.15, 0.2) is 30.3 Å². The Labute approximate surface area is 189 Å². The summed E-state index contributed by atoms with van der Waals surface area (Å²) in [7, 11) is 1.15. The zero-order valence-corrected chi connectivity index (χ0v) is 17.6. The summed E-state index contributed by atoms with van der Waals surface area (Å²) in [5, 5.41) is 6.53. The highest BCUT2D eigenvalue weighted by Crippen LogP contribution is 2.30. The zero-order chi connectivity index (χ0) is 23.9. The number of nitrogen functional groups attached to an aromatic ring is 2. The van der Waals surface area contributed by atoms with Crippen LogP contribution in [0.1, 0.15) is 11.3 Å². The zero-order valence-electron chi connectivity index (χ0n) is 16.9. The minimum Gasteiger partial charge on any atom is -0.453 e. The molecule has 5 N–H and O–H groups in total.